The molecule has 0 heterocycles. The maximum absolute atomic E-state index is 12.9. The number of unbranched alkanes of at least 4 members (excludes halogenated alkanes) is 28. The van der Waals surface area contributed by atoms with Gasteiger partial charge in [-0.05, 0) is 128 Å². The number of hydrogen-bond acceptors (Lipinski definition) is 6. The van der Waals surface area contributed by atoms with Crippen LogP contribution in [0.3, 0.4) is 0 Å². The number of hydrogen-bond donors (Lipinski definition) is 0. The molecule has 0 spiro atoms. The number of carbonyl (C=O) groups is 3. The van der Waals surface area contributed by atoms with Gasteiger partial charge in [-0.1, -0.05) is 277 Å². The van der Waals surface area contributed by atoms with Crippen molar-refractivity contribution in [2.45, 2.75) is 309 Å². The van der Waals surface area contributed by atoms with Crippen LogP contribution in [-0.4, -0.2) is 37.2 Å². The fourth-order valence-electron chi connectivity index (χ4n) is 9.04. The van der Waals surface area contributed by atoms with Gasteiger partial charge in [0.1, 0.15) is 13.2 Å². The van der Waals surface area contributed by atoms with E-state index in [9.17, 15) is 14.4 Å². The van der Waals surface area contributed by atoms with Gasteiger partial charge in [-0.25, -0.2) is 0 Å². The molecule has 6 heteroatoms. The van der Waals surface area contributed by atoms with Crippen LogP contribution < -0.4 is 0 Å². The second-order valence-electron chi connectivity index (χ2n) is 21.6. The SMILES string of the molecule is CC/C=C\C/C=C\C/C=C\C/C=C\CCCCCCCCC(=O)OC(COC(=O)CCCC/C=C\C/C=C\C/C=C\C/C=C\CC)COC(=O)CCCCCCCCCCCCCCCCC/C=C\C/C=C\CCCCCCC. The predicted octanol–water partition coefficient (Wildman–Crippen LogP) is 22.8. The topological polar surface area (TPSA) is 78.9 Å². The molecule has 0 saturated heterocycles. The maximum atomic E-state index is 12.9. The summed E-state index contributed by atoms with van der Waals surface area (Å²) in [5, 5.41) is 0. The van der Waals surface area contributed by atoms with Crippen LogP contribution in [0.5, 0.6) is 0 Å². The molecule has 0 rings (SSSR count). The highest BCUT2D eigenvalue weighted by Gasteiger charge is 2.19. The normalized spacial score (nSPS) is 12.9. The summed E-state index contributed by atoms with van der Waals surface area (Å²) in [6.07, 6.45) is 92.2. The fourth-order valence-corrected chi connectivity index (χ4v) is 9.04. The number of ether oxygens (including phenoxy) is 3. The molecular formula is C73H122O6. The Morgan fingerprint density at radius 1 is 0.266 bits per heavy atom. The van der Waals surface area contributed by atoms with Gasteiger partial charge < -0.3 is 14.2 Å². The van der Waals surface area contributed by atoms with E-state index in [1.165, 1.54) is 135 Å². The van der Waals surface area contributed by atoms with Gasteiger partial charge in [-0.15, -0.1) is 0 Å². The van der Waals surface area contributed by atoms with Crippen LogP contribution in [0.2, 0.25) is 0 Å². The zero-order valence-corrected chi connectivity index (χ0v) is 51.6. The van der Waals surface area contributed by atoms with Gasteiger partial charge in [0, 0.05) is 19.3 Å². The lowest BCUT2D eigenvalue weighted by Crippen LogP contribution is -2.30. The Morgan fingerprint density at radius 3 is 0.797 bits per heavy atom. The van der Waals surface area contributed by atoms with Crippen LogP contribution in [0.15, 0.2) is 122 Å². The van der Waals surface area contributed by atoms with E-state index >= 15 is 0 Å². The number of carbonyl (C=O) groups excluding carboxylic acids is 3. The first-order chi connectivity index (χ1) is 39.0. The lowest BCUT2D eigenvalue weighted by Gasteiger charge is -2.18. The Hall–Kier alpha value is -4.19. The molecule has 0 aliphatic rings. The van der Waals surface area contributed by atoms with Gasteiger partial charge in [0.15, 0.2) is 6.10 Å². The summed E-state index contributed by atoms with van der Waals surface area (Å²) in [7, 11) is 0. The van der Waals surface area contributed by atoms with E-state index in [-0.39, 0.29) is 31.1 Å². The van der Waals surface area contributed by atoms with Crippen LogP contribution in [0.1, 0.15) is 303 Å². The molecule has 0 fully saturated rings. The minimum absolute atomic E-state index is 0.0986. The monoisotopic (exact) mass is 1090 g/mol. The van der Waals surface area contributed by atoms with Crippen molar-refractivity contribution in [1.82, 2.24) is 0 Å². The molecule has 0 radical (unpaired) electrons. The van der Waals surface area contributed by atoms with E-state index in [2.05, 4.69) is 142 Å². The molecule has 0 bridgehead atoms. The lowest BCUT2D eigenvalue weighted by atomic mass is 10.0. The minimum atomic E-state index is -0.807. The molecule has 0 aromatic carbocycles. The molecule has 450 valence electrons. The molecule has 1 atom stereocenters. The first kappa shape index (κ1) is 74.8. The zero-order chi connectivity index (χ0) is 57.1. The van der Waals surface area contributed by atoms with Crippen molar-refractivity contribution in [2.24, 2.45) is 0 Å². The Balaban J connectivity index is 4.36. The van der Waals surface area contributed by atoms with Gasteiger partial charge in [0.2, 0.25) is 0 Å². The number of esters is 3. The van der Waals surface area contributed by atoms with Crippen molar-refractivity contribution in [2.75, 3.05) is 13.2 Å². The number of rotatable bonds is 59. The van der Waals surface area contributed by atoms with Crippen LogP contribution in [-0.2, 0) is 28.6 Å². The quantitative estimate of drug-likeness (QED) is 0.0261. The smallest absolute Gasteiger partial charge is 0.306 e. The molecule has 0 aliphatic carbocycles. The van der Waals surface area contributed by atoms with Crippen molar-refractivity contribution >= 4 is 17.9 Å². The van der Waals surface area contributed by atoms with Crippen molar-refractivity contribution in [1.29, 1.82) is 0 Å². The molecular weight excluding hydrogens is 973 g/mol. The maximum Gasteiger partial charge on any atom is 0.306 e. The molecule has 79 heavy (non-hydrogen) atoms. The summed E-state index contributed by atoms with van der Waals surface area (Å²) in [6.45, 7) is 6.37. The third-order valence-corrected chi connectivity index (χ3v) is 13.9. The highest BCUT2D eigenvalue weighted by atomic mass is 16.6. The van der Waals surface area contributed by atoms with Gasteiger partial charge in [-0.3, -0.25) is 14.4 Å². The highest BCUT2D eigenvalue weighted by Crippen LogP contribution is 2.16. The van der Waals surface area contributed by atoms with Crippen molar-refractivity contribution < 1.29 is 28.6 Å². The average molecular weight is 1100 g/mol. The van der Waals surface area contributed by atoms with E-state index in [4.69, 9.17) is 14.2 Å². The van der Waals surface area contributed by atoms with Crippen molar-refractivity contribution in [3.63, 3.8) is 0 Å². The molecule has 0 N–H and O–H groups in total. The standard InChI is InChI=1S/C73H122O6/c1-4-7-10-13-16-19-22-25-28-30-32-33-34-35-36-37-38-39-41-42-45-48-51-54-57-60-63-66-72(75)78-69-70(68-77-71(74)65-62-59-56-53-50-47-44-27-24-21-18-15-12-9-6-3)79-73(76)67-64-61-58-55-52-49-46-43-40-31-29-26-23-20-17-14-11-8-5-2/h8-9,11-12,17-18,20-22,25-27,29-30,32,40,43-44,50,53,70H,4-7,10,13-16,19,23-24,28,31,33-39,41-42,45-49,51-52,54-69H2,1-3H3/b11-8-,12-9-,20-17-,21-18-,25-22-,29-26-,32-30-,43-40-,44-27-,53-50-. The first-order valence-corrected chi connectivity index (χ1v) is 33.0. The Kier molecular flexibility index (Phi) is 62.8. The third-order valence-electron chi connectivity index (χ3n) is 13.9. The van der Waals surface area contributed by atoms with Crippen LogP contribution in [0.4, 0.5) is 0 Å². The van der Waals surface area contributed by atoms with E-state index in [1.807, 2.05) is 0 Å². The predicted molar refractivity (Wildman–Crippen MR) is 343 cm³/mol. The zero-order valence-electron chi connectivity index (χ0n) is 51.6. The van der Waals surface area contributed by atoms with Crippen LogP contribution in [0, 0.1) is 0 Å². The summed E-state index contributed by atoms with van der Waals surface area (Å²) in [5.74, 6) is -0.950. The first-order valence-electron chi connectivity index (χ1n) is 33.0. The summed E-state index contributed by atoms with van der Waals surface area (Å²) in [5.41, 5.74) is 0. The molecule has 1 unspecified atom stereocenters. The summed E-state index contributed by atoms with van der Waals surface area (Å²) < 4.78 is 16.9. The molecule has 6 nitrogen and oxygen atoms in total. The molecule has 0 amide bonds. The van der Waals surface area contributed by atoms with Gasteiger partial charge in [-0.2, -0.15) is 0 Å². The summed E-state index contributed by atoms with van der Waals surface area (Å²) in [6, 6.07) is 0. The largest absolute Gasteiger partial charge is 0.462 e. The van der Waals surface area contributed by atoms with Gasteiger partial charge in [0.25, 0.3) is 0 Å². The van der Waals surface area contributed by atoms with Crippen molar-refractivity contribution in [3.8, 4) is 0 Å². The Morgan fingerprint density at radius 2 is 0.494 bits per heavy atom. The van der Waals surface area contributed by atoms with Crippen molar-refractivity contribution in [3.05, 3.63) is 122 Å². The molecule has 0 aromatic rings. The van der Waals surface area contributed by atoms with Crippen LogP contribution in [0.25, 0.3) is 0 Å². The molecule has 0 saturated carbocycles. The van der Waals surface area contributed by atoms with E-state index in [0.717, 1.165) is 128 Å². The average Bonchev–Trinajstić information content (AvgIpc) is 3.45. The lowest BCUT2D eigenvalue weighted by molar-refractivity contribution is -0.167. The van der Waals surface area contributed by atoms with E-state index < -0.39 is 6.10 Å². The molecule has 0 aliphatic heterocycles. The minimum Gasteiger partial charge on any atom is -0.462 e. The highest BCUT2D eigenvalue weighted by molar-refractivity contribution is 5.71. The van der Waals surface area contributed by atoms with E-state index in [0.29, 0.717) is 19.3 Å². The third kappa shape index (κ3) is 64.5. The number of allylic oxidation sites excluding steroid dienone is 20. The Labute approximate surface area is 488 Å². The second kappa shape index (κ2) is 66.3. The Bertz CT molecular complexity index is 1640. The summed E-state index contributed by atoms with van der Waals surface area (Å²) in [4.78, 5) is 38.3. The van der Waals surface area contributed by atoms with Gasteiger partial charge >= 0.3 is 17.9 Å². The second-order valence-corrected chi connectivity index (χ2v) is 21.6. The van der Waals surface area contributed by atoms with Gasteiger partial charge in [0.05, 0.1) is 0 Å². The summed E-state index contributed by atoms with van der Waals surface area (Å²) >= 11 is 0. The molecule has 0 aromatic heterocycles. The van der Waals surface area contributed by atoms with E-state index in [1.54, 1.807) is 0 Å². The van der Waals surface area contributed by atoms with Crippen LogP contribution >= 0.6 is 0 Å². The fraction of sp³-hybridized carbons (Fsp3) is 0.685.